The molecule has 2 heterocycles. The standard InChI is InChI=1S/C13H21N3O2S/c1-4-10-11(12(17)18)19-13(14-10)16-7-5-15(6-8-16)9(2)3/h9H,4-8H2,1-3H3,(H,17,18). The van der Waals surface area contributed by atoms with E-state index in [9.17, 15) is 4.79 Å². The van der Waals surface area contributed by atoms with Gasteiger partial charge in [-0.15, -0.1) is 0 Å². The van der Waals surface area contributed by atoms with Crippen LogP contribution in [0.15, 0.2) is 0 Å². The Morgan fingerprint density at radius 2 is 2.00 bits per heavy atom. The molecule has 0 radical (unpaired) electrons. The Morgan fingerprint density at radius 1 is 1.37 bits per heavy atom. The average Bonchev–Trinajstić information content (AvgIpc) is 2.83. The molecule has 0 saturated carbocycles. The van der Waals surface area contributed by atoms with Crippen LogP contribution in [0.3, 0.4) is 0 Å². The third kappa shape index (κ3) is 3.06. The maximum atomic E-state index is 11.2. The van der Waals surface area contributed by atoms with Gasteiger partial charge in [0.05, 0.1) is 5.69 Å². The van der Waals surface area contributed by atoms with Gasteiger partial charge in [-0.2, -0.15) is 0 Å². The lowest BCUT2D eigenvalue weighted by Gasteiger charge is -2.36. The van der Waals surface area contributed by atoms with Gasteiger partial charge in [-0.3, -0.25) is 4.90 Å². The predicted molar refractivity (Wildman–Crippen MR) is 77.4 cm³/mol. The second-order valence-corrected chi connectivity index (χ2v) is 6.03. The van der Waals surface area contributed by atoms with Crippen LogP contribution in [0.5, 0.6) is 0 Å². The van der Waals surface area contributed by atoms with Crippen molar-refractivity contribution in [1.82, 2.24) is 9.88 Å². The van der Waals surface area contributed by atoms with Crippen molar-refractivity contribution in [1.29, 1.82) is 0 Å². The van der Waals surface area contributed by atoms with Gasteiger partial charge in [-0.25, -0.2) is 9.78 Å². The number of nitrogens with zero attached hydrogens (tertiary/aromatic N) is 3. The predicted octanol–water partition coefficient (Wildman–Crippen LogP) is 1.93. The first-order chi connectivity index (χ1) is 9.02. The van der Waals surface area contributed by atoms with E-state index in [4.69, 9.17) is 5.11 Å². The summed E-state index contributed by atoms with van der Waals surface area (Å²) in [5, 5.41) is 10.0. The van der Waals surface area contributed by atoms with Crippen LogP contribution in [0.1, 0.15) is 36.1 Å². The summed E-state index contributed by atoms with van der Waals surface area (Å²) in [6, 6.07) is 0.569. The lowest BCUT2D eigenvalue weighted by molar-refractivity contribution is 0.0701. The Hall–Kier alpha value is -1.14. The first kappa shape index (κ1) is 14.3. The lowest BCUT2D eigenvalue weighted by atomic mass is 10.2. The largest absolute Gasteiger partial charge is 0.477 e. The van der Waals surface area contributed by atoms with E-state index < -0.39 is 5.97 Å². The number of aryl methyl sites for hydroxylation is 1. The fraction of sp³-hybridized carbons (Fsp3) is 0.692. The van der Waals surface area contributed by atoms with Crippen molar-refractivity contribution >= 4 is 22.4 Å². The molecule has 19 heavy (non-hydrogen) atoms. The van der Waals surface area contributed by atoms with Crippen LogP contribution >= 0.6 is 11.3 Å². The van der Waals surface area contributed by atoms with Crippen molar-refractivity contribution in [2.24, 2.45) is 0 Å². The quantitative estimate of drug-likeness (QED) is 0.915. The number of carboxylic acids is 1. The van der Waals surface area contributed by atoms with E-state index in [0.29, 0.717) is 23.0 Å². The number of rotatable bonds is 4. The molecule has 0 aliphatic carbocycles. The smallest absolute Gasteiger partial charge is 0.347 e. The molecule has 5 nitrogen and oxygen atoms in total. The van der Waals surface area contributed by atoms with Crippen LogP contribution in [-0.2, 0) is 6.42 Å². The number of aromatic carboxylic acids is 1. The number of hydrogen-bond acceptors (Lipinski definition) is 5. The van der Waals surface area contributed by atoms with Gasteiger partial charge in [-0.05, 0) is 20.3 Å². The number of anilines is 1. The molecular formula is C13H21N3O2S. The van der Waals surface area contributed by atoms with Gasteiger partial charge in [0.2, 0.25) is 0 Å². The molecule has 0 bridgehead atoms. The van der Waals surface area contributed by atoms with Crippen molar-refractivity contribution in [2.45, 2.75) is 33.2 Å². The topological polar surface area (TPSA) is 56.7 Å². The molecule has 0 unspecified atom stereocenters. The van der Waals surface area contributed by atoms with E-state index in [1.54, 1.807) is 0 Å². The number of thiazole rings is 1. The zero-order valence-corrected chi connectivity index (χ0v) is 12.5. The van der Waals surface area contributed by atoms with Crippen molar-refractivity contribution in [3.8, 4) is 0 Å². The summed E-state index contributed by atoms with van der Waals surface area (Å²) in [5.41, 5.74) is 0.707. The minimum atomic E-state index is -0.860. The number of carbonyl (C=O) groups is 1. The molecule has 0 spiro atoms. The Bertz CT molecular complexity index is 451. The fourth-order valence-corrected chi connectivity index (χ4v) is 3.36. The molecule has 0 atom stereocenters. The van der Waals surface area contributed by atoms with Crippen molar-refractivity contribution < 1.29 is 9.90 Å². The van der Waals surface area contributed by atoms with Crippen LogP contribution in [0.4, 0.5) is 5.13 Å². The second-order valence-electron chi connectivity index (χ2n) is 5.05. The van der Waals surface area contributed by atoms with E-state index >= 15 is 0 Å². The molecule has 1 aromatic rings. The molecule has 1 aromatic heterocycles. The van der Waals surface area contributed by atoms with Crippen molar-refractivity contribution in [2.75, 3.05) is 31.1 Å². The molecule has 1 saturated heterocycles. The maximum Gasteiger partial charge on any atom is 0.347 e. The maximum absolute atomic E-state index is 11.2. The highest BCUT2D eigenvalue weighted by Crippen LogP contribution is 2.27. The van der Waals surface area contributed by atoms with Crippen LogP contribution < -0.4 is 4.90 Å². The molecule has 1 aliphatic rings. The minimum absolute atomic E-state index is 0.392. The molecule has 6 heteroatoms. The van der Waals surface area contributed by atoms with Gasteiger partial charge in [0.25, 0.3) is 0 Å². The molecule has 0 amide bonds. The van der Waals surface area contributed by atoms with Gasteiger partial charge < -0.3 is 10.0 Å². The second kappa shape index (κ2) is 5.88. The average molecular weight is 283 g/mol. The van der Waals surface area contributed by atoms with Gasteiger partial charge >= 0.3 is 5.97 Å². The third-order valence-corrected chi connectivity index (χ3v) is 4.68. The number of piperazine rings is 1. The zero-order valence-electron chi connectivity index (χ0n) is 11.7. The number of hydrogen-bond donors (Lipinski definition) is 1. The van der Waals surface area contributed by atoms with E-state index in [-0.39, 0.29) is 0 Å². The molecule has 1 N–H and O–H groups in total. The van der Waals surface area contributed by atoms with Gasteiger partial charge in [-0.1, -0.05) is 18.3 Å². The van der Waals surface area contributed by atoms with Crippen LogP contribution in [-0.4, -0.2) is 53.2 Å². The highest BCUT2D eigenvalue weighted by Gasteiger charge is 2.23. The van der Waals surface area contributed by atoms with Crippen molar-refractivity contribution in [3.63, 3.8) is 0 Å². The summed E-state index contributed by atoms with van der Waals surface area (Å²) in [6.07, 6.45) is 0.671. The molecular weight excluding hydrogens is 262 g/mol. The summed E-state index contributed by atoms with van der Waals surface area (Å²) < 4.78 is 0. The van der Waals surface area contributed by atoms with Gasteiger partial charge in [0, 0.05) is 32.2 Å². The highest BCUT2D eigenvalue weighted by molar-refractivity contribution is 7.17. The Kier molecular flexibility index (Phi) is 4.42. The molecule has 0 aromatic carbocycles. The van der Waals surface area contributed by atoms with Gasteiger partial charge in [0.15, 0.2) is 5.13 Å². The van der Waals surface area contributed by atoms with E-state index in [1.165, 1.54) is 11.3 Å². The number of carboxylic acid groups (broad SMARTS) is 1. The summed E-state index contributed by atoms with van der Waals surface area (Å²) in [7, 11) is 0. The van der Waals surface area contributed by atoms with Crippen LogP contribution in [0, 0.1) is 0 Å². The monoisotopic (exact) mass is 283 g/mol. The molecule has 106 valence electrons. The van der Waals surface area contributed by atoms with Gasteiger partial charge in [0.1, 0.15) is 4.88 Å². The van der Waals surface area contributed by atoms with E-state index in [1.807, 2.05) is 6.92 Å². The summed E-state index contributed by atoms with van der Waals surface area (Å²) in [5.74, 6) is -0.860. The Labute approximate surface area is 117 Å². The Morgan fingerprint density at radius 3 is 2.42 bits per heavy atom. The first-order valence-electron chi connectivity index (χ1n) is 6.75. The van der Waals surface area contributed by atoms with Crippen LogP contribution in [0.2, 0.25) is 0 Å². The molecule has 1 fully saturated rings. The minimum Gasteiger partial charge on any atom is -0.477 e. The zero-order chi connectivity index (χ0) is 14.0. The highest BCUT2D eigenvalue weighted by atomic mass is 32.1. The van der Waals surface area contributed by atoms with E-state index in [2.05, 4.69) is 28.6 Å². The SMILES string of the molecule is CCc1nc(N2CCN(C(C)C)CC2)sc1C(=O)O. The van der Waals surface area contributed by atoms with E-state index in [0.717, 1.165) is 31.3 Å². The fourth-order valence-electron chi connectivity index (χ4n) is 2.31. The molecule has 1 aliphatic heterocycles. The first-order valence-corrected chi connectivity index (χ1v) is 7.56. The summed E-state index contributed by atoms with van der Waals surface area (Å²) in [4.78, 5) is 20.7. The van der Waals surface area contributed by atoms with Crippen LogP contribution in [0.25, 0.3) is 0 Å². The molecule has 2 rings (SSSR count). The third-order valence-electron chi connectivity index (χ3n) is 3.53. The normalized spacial score (nSPS) is 17.2. The summed E-state index contributed by atoms with van der Waals surface area (Å²) >= 11 is 1.31. The van der Waals surface area contributed by atoms with Crippen molar-refractivity contribution in [3.05, 3.63) is 10.6 Å². The number of aromatic nitrogens is 1. The Balaban J connectivity index is 2.09. The summed E-state index contributed by atoms with van der Waals surface area (Å²) in [6.45, 7) is 10.2. The lowest BCUT2D eigenvalue weighted by Crippen LogP contribution is -2.48.